The van der Waals surface area contributed by atoms with E-state index in [1.165, 1.54) is 0 Å². The zero-order valence-electron chi connectivity index (χ0n) is 8.50. The standard InChI is InChI=1S/C9H17NO3/c1-4-8(11)7-9(12)13-6-5-10(2)3/h4-7H2,1-3H3. The second-order valence-electron chi connectivity index (χ2n) is 3.09. The molecule has 76 valence electrons. The second kappa shape index (κ2) is 6.60. The molecule has 0 aromatic heterocycles. The Morgan fingerprint density at radius 3 is 2.38 bits per heavy atom. The van der Waals surface area contributed by atoms with Crippen LogP contribution in [-0.4, -0.2) is 43.9 Å². The van der Waals surface area contributed by atoms with Crippen LogP contribution >= 0.6 is 0 Å². The Kier molecular flexibility index (Phi) is 6.14. The number of esters is 1. The lowest BCUT2D eigenvalue weighted by atomic mass is 10.2. The molecular weight excluding hydrogens is 170 g/mol. The van der Waals surface area contributed by atoms with Crippen molar-refractivity contribution < 1.29 is 14.3 Å². The number of rotatable bonds is 6. The van der Waals surface area contributed by atoms with Gasteiger partial charge in [-0.05, 0) is 14.1 Å². The first-order valence-electron chi connectivity index (χ1n) is 4.38. The summed E-state index contributed by atoms with van der Waals surface area (Å²) in [4.78, 5) is 23.7. The van der Waals surface area contributed by atoms with Gasteiger partial charge in [-0.25, -0.2) is 0 Å². The van der Waals surface area contributed by atoms with Crippen molar-refractivity contribution in [3.05, 3.63) is 0 Å². The lowest BCUT2D eigenvalue weighted by Crippen LogP contribution is -2.21. The third-order valence-electron chi connectivity index (χ3n) is 1.54. The average molecular weight is 187 g/mol. The van der Waals surface area contributed by atoms with Crippen LogP contribution in [0.2, 0.25) is 0 Å². The molecule has 0 bridgehead atoms. The van der Waals surface area contributed by atoms with Crippen LogP contribution in [0.3, 0.4) is 0 Å². The predicted octanol–water partition coefficient (Wildman–Crippen LogP) is 0.460. The monoisotopic (exact) mass is 187 g/mol. The van der Waals surface area contributed by atoms with Crippen LogP contribution in [-0.2, 0) is 14.3 Å². The lowest BCUT2D eigenvalue weighted by molar-refractivity contribution is -0.146. The molecular formula is C9H17NO3. The van der Waals surface area contributed by atoms with Crippen LogP contribution in [0, 0.1) is 0 Å². The van der Waals surface area contributed by atoms with E-state index in [9.17, 15) is 9.59 Å². The molecule has 13 heavy (non-hydrogen) atoms. The number of ketones is 1. The van der Waals surface area contributed by atoms with E-state index >= 15 is 0 Å². The number of Topliss-reactive ketones (excluding diaryl/α,β-unsaturated/α-hetero) is 1. The zero-order chi connectivity index (χ0) is 10.3. The Bertz CT molecular complexity index is 178. The molecule has 0 amide bonds. The predicted molar refractivity (Wildman–Crippen MR) is 49.4 cm³/mol. The maximum Gasteiger partial charge on any atom is 0.313 e. The summed E-state index contributed by atoms with van der Waals surface area (Å²) in [7, 11) is 3.79. The van der Waals surface area contributed by atoms with E-state index in [-0.39, 0.29) is 12.2 Å². The van der Waals surface area contributed by atoms with E-state index in [4.69, 9.17) is 4.74 Å². The molecule has 0 heterocycles. The van der Waals surface area contributed by atoms with Crippen LogP contribution in [0.15, 0.2) is 0 Å². The molecule has 0 fully saturated rings. The highest BCUT2D eigenvalue weighted by molar-refractivity contribution is 5.95. The largest absolute Gasteiger partial charge is 0.464 e. The summed E-state index contributed by atoms with van der Waals surface area (Å²) in [5, 5.41) is 0. The van der Waals surface area contributed by atoms with Crippen molar-refractivity contribution in [1.82, 2.24) is 4.90 Å². The van der Waals surface area contributed by atoms with Gasteiger partial charge in [0.05, 0.1) is 0 Å². The van der Waals surface area contributed by atoms with Crippen molar-refractivity contribution in [1.29, 1.82) is 0 Å². The van der Waals surface area contributed by atoms with Gasteiger partial charge in [-0.3, -0.25) is 9.59 Å². The van der Waals surface area contributed by atoms with E-state index in [2.05, 4.69) is 0 Å². The van der Waals surface area contributed by atoms with Crippen molar-refractivity contribution in [2.45, 2.75) is 19.8 Å². The third kappa shape index (κ3) is 7.46. The highest BCUT2D eigenvalue weighted by atomic mass is 16.5. The normalized spacial score (nSPS) is 10.2. The molecule has 4 heteroatoms. The van der Waals surface area contributed by atoms with Gasteiger partial charge < -0.3 is 9.64 Å². The van der Waals surface area contributed by atoms with Gasteiger partial charge in [0, 0.05) is 13.0 Å². The van der Waals surface area contributed by atoms with Gasteiger partial charge in [-0.15, -0.1) is 0 Å². The van der Waals surface area contributed by atoms with E-state index in [0.29, 0.717) is 19.6 Å². The minimum absolute atomic E-state index is 0.0742. The number of hydrogen-bond acceptors (Lipinski definition) is 4. The van der Waals surface area contributed by atoms with Gasteiger partial charge in [-0.1, -0.05) is 6.92 Å². The highest BCUT2D eigenvalue weighted by Gasteiger charge is 2.08. The van der Waals surface area contributed by atoms with Gasteiger partial charge in [-0.2, -0.15) is 0 Å². The van der Waals surface area contributed by atoms with Crippen molar-refractivity contribution in [2.75, 3.05) is 27.2 Å². The average Bonchev–Trinajstić information content (AvgIpc) is 2.03. The first kappa shape index (κ1) is 12.1. The van der Waals surface area contributed by atoms with Gasteiger partial charge in [0.1, 0.15) is 18.8 Å². The van der Waals surface area contributed by atoms with E-state index in [0.717, 1.165) is 0 Å². The number of carbonyl (C=O) groups is 2. The van der Waals surface area contributed by atoms with Crippen LogP contribution < -0.4 is 0 Å². The fourth-order valence-corrected chi connectivity index (χ4v) is 0.679. The number of carbonyl (C=O) groups excluding carboxylic acids is 2. The molecule has 0 saturated carbocycles. The van der Waals surface area contributed by atoms with Crippen LogP contribution in [0.4, 0.5) is 0 Å². The number of hydrogen-bond donors (Lipinski definition) is 0. The molecule has 0 atom stereocenters. The Balaban J connectivity index is 3.46. The Morgan fingerprint density at radius 2 is 1.92 bits per heavy atom. The fourth-order valence-electron chi connectivity index (χ4n) is 0.679. The summed E-state index contributed by atoms with van der Waals surface area (Å²) in [5.41, 5.74) is 0. The first-order chi connectivity index (χ1) is 6.06. The highest BCUT2D eigenvalue weighted by Crippen LogP contribution is 1.92. The van der Waals surface area contributed by atoms with Crippen molar-refractivity contribution in [3.8, 4) is 0 Å². The maximum atomic E-state index is 10.9. The SMILES string of the molecule is CCC(=O)CC(=O)OCCN(C)C. The minimum Gasteiger partial charge on any atom is -0.464 e. The second-order valence-corrected chi connectivity index (χ2v) is 3.09. The van der Waals surface area contributed by atoms with Gasteiger partial charge in [0.2, 0.25) is 0 Å². The summed E-state index contributed by atoms with van der Waals surface area (Å²) >= 11 is 0. The fraction of sp³-hybridized carbons (Fsp3) is 0.778. The van der Waals surface area contributed by atoms with Crippen LogP contribution in [0.1, 0.15) is 19.8 Å². The Labute approximate surface area is 78.9 Å². The molecule has 0 aromatic rings. The van der Waals surface area contributed by atoms with E-state index < -0.39 is 5.97 Å². The molecule has 0 N–H and O–H groups in total. The van der Waals surface area contributed by atoms with Gasteiger partial charge >= 0.3 is 5.97 Å². The molecule has 0 rings (SSSR count). The molecule has 0 saturated heterocycles. The van der Waals surface area contributed by atoms with Crippen molar-refractivity contribution in [3.63, 3.8) is 0 Å². The van der Waals surface area contributed by atoms with Gasteiger partial charge in [0.15, 0.2) is 0 Å². The van der Waals surface area contributed by atoms with E-state index in [1.54, 1.807) is 6.92 Å². The minimum atomic E-state index is -0.422. The smallest absolute Gasteiger partial charge is 0.313 e. The number of ether oxygens (including phenoxy) is 1. The number of nitrogens with zero attached hydrogens (tertiary/aromatic N) is 1. The van der Waals surface area contributed by atoms with Gasteiger partial charge in [0.25, 0.3) is 0 Å². The lowest BCUT2D eigenvalue weighted by Gasteiger charge is -2.09. The molecule has 0 spiro atoms. The molecule has 0 aliphatic rings. The molecule has 0 radical (unpaired) electrons. The Morgan fingerprint density at radius 1 is 1.31 bits per heavy atom. The van der Waals surface area contributed by atoms with Crippen molar-refractivity contribution in [2.24, 2.45) is 0 Å². The molecule has 4 nitrogen and oxygen atoms in total. The zero-order valence-corrected chi connectivity index (χ0v) is 8.50. The summed E-state index contributed by atoms with van der Waals surface area (Å²) in [6, 6.07) is 0. The molecule has 0 aromatic carbocycles. The molecule has 0 aliphatic carbocycles. The summed E-state index contributed by atoms with van der Waals surface area (Å²) in [6.45, 7) is 2.77. The van der Waals surface area contributed by atoms with Crippen LogP contribution in [0.25, 0.3) is 0 Å². The molecule has 0 unspecified atom stereocenters. The summed E-state index contributed by atoms with van der Waals surface area (Å²) in [6.07, 6.45) is 0.298. The first-order valence-corrected chi connectivity index (χ1v) is 4.38. The number of likely N-dealkylation sites (N-methyl/N-ethyl adjacent to an activating group) is 1. The maximum absolute atomic E-state index is 10.9. The Hall–Kier alpha value is -0.900. The van der Waals surface area contributed by atoms with Crippen LogP contribution in [0.5, 0.6) is 0 Å². The topological polar surface area (TPSA) is 46.6 Å². The summed E-state index contributed by atoms with van der Waals surface area (Å²) in [5.74, 6) is -0.497. The quantitative estimate of drug-likeness (QED) is 0.447. The van der Waals surface area contributed by atoms with Crippen molar-refractivity contribution >= 4 is 11.8 Å². The summed E-state index contributed by atoms with van der Waals surface area (Å²) < 4.78 is 4.82. The molecule has 0 aliphatic heterocycles. The third-order valence-corrected chi connectivity index (χ3v) is 1.54. The van der Waals surface area contributed by atoms with E-state index in [1.807, 2.05) is 19.0 Å².